The summed E-state index contributed by atoms with van der Waals surface area (Å²) in [6.45, 7) is 10.1. The van der Waals surface area contributed by atoms with Gasteiger partial charge >= 0.3 is 7.82 Å². The molecule has 0 amide bonds. The van der Waals surface area contributed by atoms with Gasteiger partial charge in [0.1, 0.15) is 5.75 Å². The normalized spacial score (nSPS) is 11.5. The van der Waals surface area contributed by atoms with Crippen LogP contribution in [0.3, 0.4) is 0 Å². The number of aryl methyl sites for hydroxylation is 4. The van der Waals surface area contributed by atoms with Crippen LogP contribution in [0, 0.1) is 34.6 Å². The van der Waals surface area contributed by atoms with Gasteiger partial charge in [0.05, 0.1) is 0 Å². The molecule has 0 aliphatic rings. The van der Waals surface area contributed by atoms with Crippen molar-refractivity contribution in [2.45, 2.75) is 34.6 Å². The van der Waals surface area contributed by atoms with E-state index in [1.54, 1.807) is 6.07 Å². The molecule has 0 heterocycles. The molecule has 0 fully saturated rings. The molecule has 0 spiro atoms. The Labute approximate surface area is 166 Å². The quantitative estimate of drug-likeness (QED) is 0.528. The van der Waals surface area contributed by atoms with Crippen molar-refractivity contribution in [3.8, 4) is 28.0 Å². The minimum atomic E-state index is -4.69. The van der Waals surface area contributed by atoms with E-state index in [1.165, 1.54) is 0 Å². The summed E-state index contributed by atoms with van der Waals surface area (Å²) in [6.07, 6.45) is 0. The Kier molecular flexibility index (Phi) is 5.49. The molecular formula is C23H25O4P. The summed E-state index contributed by atoms with van der Waals surface area (Å²) in [5.74, 6) is 0.193. The zero-order valence-corrected chi connectivity index (χ0v) is 17.7. The standard InChI is InChI=1S/C23H25O4P/c1-14-8-6-9-15(2)21(14)19-12-13-20(27-28(24,25)26)23(18(19)5)22-16(3)10-7-11-17(22)4/h6-13H,1-5H3,(H2,24,25,26). The molecular weight excluding hydrogens is 371 g/mol. The highest BCUT2D eigenvalue weighted by Gasteiger charge is 2.24. The third-order valence-corrected chi connectivity index (χ3v) is 5.56. The topological polar surface area (TPSA) is 66.8 Å². The monoisotopic (exact) mass is 396 g/mol. The van der Waals surface area contributed by atoms with Crippen LogP contribution < -0.4 is 4.52 Å². The Bertz CT molecular complexity index is 1060. The van der Waals surface area contributed by atoms with Crippen molar-refractivity contribution < 1.29 is 18.9 Å². The summed E-state index contributed by atoms with van der Waals surface area (Å²) >= 11 is 0. The van der Waals surface area contributed by atoms with Gasteiger partial charge in [-0.15, -0.1) is 0 Å². The van der Waals surface area contributed by atoms with Crippen LogP contribution >= 0.6 is 7.82 Å². The first-order chi connectivity index (χ1) is 13.1. The zero-order chi connectivity index (χ0) is 20.6. The van der Waals surface area contributed by atoms with Crippen molar-refractivity contribution in [1.29, 1.82) is 0 Å². The highest BCUT2D eigenvalue weighted by molar-refractivity contribution is 7.46. The second-order valence-corrected chi connectivity index (χ2v) is 8.39. The number of phosphoric acid groups is 1. The molecule has 28 heavy (non-hydrogen) atoms. The molecule has 0 bridgehead atoms. The Morgan fingerprint density at radius 1 is 0.679 bits per heavy atom. The van der Waals surface area contributed by atoms with Gasteiger partial charge in [-0.05, 0) is 85.2 Å². The van der Waals surface area contributed by atoms with E-state index < -0.39 is 7.82 Å². The molecule has 0 aliphatic carbocycles. The van der Waals surface area contributed by atoms with Gasteiger partial charge in [-0.25, -0.2) is 4.57 Å². The van der Waals surface area contributed by atoms with Gasteiger partial charge in [0.2, 0.25) is 0 Å². The summed E-state index contributed by atoms with van der Waals surface area (Å²) in [6, 6.07) is 15.7. The van der Waals surface area contributed by atoms with E-state index in [2.05, 4.69) is 26.0 Å². The van der Waals surface area contributed by atoms with Crippen LogP contribution in [0.25, 0.3) is 22.3 Å². The third kappa shape index (κ3) is 3.90. The summed E-state index contributed by atoms with van der Waals surface area (Å²) in [5, 5.41) is 0. The largest absolute Gasteiger partial charge is 0.524 e. The molecule has 3 rings (SSSR count). The number of phosphoric ester groups is 1. The molecule has 0 saturated carbocycles. The number of hydrogen-bond donors (Lipinski definition) is 2. The molecule has 0 saturated heterocycles. The fraction of sp³-hybridized carbons (Fsp3) is 0.217. The van der Waals surface area contributed by atoms with Gasteiger partial charge in [0, 0.05) is 5.56 Å². The minimum Gasteiger partial charge on any atom is -0.404 e. The van der Waals surface area contributed by atoms with Crippen molar-refractivity contribution in [3.05, 3.63) is 76.3 Å². The second-order valence-electron chi connectivity index (χ2n) is 7.23. The first-order valence-corrected chi connectivity index (χ1v) is 10.6. The van der Waals surface area contributed by atoms with Gasteiger partial charge in [-0.1, -0.05) is 42.5 Å². The van der Waals surface area contributed by atoms with E-state index in [-0.39, 0.29) is 5.75 Å². The lowest BCUT2D eigenvalue weighted by Crippen LogP contribution is -2.00. The molecule has 3 aromatic carbocycles. The van der Waals surface area contributed by atoms with Crippen LogP contribution in [0.2, 0.25) is 0 Å². The molecule has 0 aromatic heterocycles. The number of benzene rings is 3. The van der Waals surface area contributed by atoms with Crippen LogP contribution in [-0.2, 0) is 4.57 Å². The summed E-state index contributed by atoms with van der Waals surface area (Å²) in [7, 11) is -4.69. The van der Waals surface area contributed by atoms with E-state index in [0.29, 0.717) is 0 Å². The lowest BCUT2D eigenvalue weighted by Gasteiger charge is -2.21. The maximum absolute atomic E-state index is 11.6. The van der Waals surface area contributed by atoms with Crippen LogP contribution in [-0.4, -0.2) is 9.79 Å². The maximum Gasteiger partial charge on any atom is 0.524 e. The Morgan fingerprint density at radius 2 is 1.14 bits per heavy atom. The molecule has 0 radical (unpaired) electrons. The fourth-order valence-electron chi connectivity index (χ4n) is 3.92. The van der Waals surface area contributed by atoms with E-state index in [0.717, 1.165) is 50.1 Å². The van der Waals surface area contributed by atoms with E-state index in [1.807, 2.05) is 51.1 Å². The Hall–Kier alpha value is -2.39. The molecule has 4 nitrogen and oxygen atoms in total. The van der Waals surface area contributed by atoms with Crippen LogP contribution in [0.1, 0.15) is 27.8 Å². The summed E-state index contributed by atoms with van der Waals surface area (Å²) in [4.78, 5) is 18.9. The van der Waals surface area contributed by atoms with Crippen molar-refractivity contribution in [3.63, 3.8) is 0 Å². The molecule has 0 aliphatic heterocycles. The predicted octanol–water partition coefficient (Wildman–Crippen LogP) is 6.03. The van der Waals surface area contributed by atoms with Crippen molar-refractivity contribution in [2.75, 3.05) is 0 Å². The lowest BCUT2D eigenvalue weighted by molar-refractivity contribution is 0.283. The predicted molar refractivity (Wildman–Crippen MR) is 114 cm³/mol. The first kappa shape index (κ1) is 20.3. The van der Waals surface area contributed by atoms with Gasteiger partial charge in [-0.3, -0.25) is 9.79 Å². The van der Waals surface area contributed by atoms with Crippen molar-refractivity contribution in [2.24, 2.45) is 0 Å². The van der Waals surface area contributed by atoms with Crippen LogP contribution in [0.5, 0.6) is 5.75 Å². The Balaban J connectivity index is 2.39. The van der Waals surface area contributed by atoms with Gasteiger partial charge in [-0.2, -0.15) is 0 Å². The van der Waals surface area contributed by atoms with E-state index >= 15 is 0 Å². The highest BCUT2D eigenvalue weighted by Crippen LogP contribution is 2.47. The van der Waals surface area contributed by atoms with Gasteiger partial charge < -0.3 is 4.52 Å². The van der Waals surface area contributed by atoms with Crippen LogP contribution in [0.4, 0.5) is 0 Å². The average molecular weight is 396 g/mol. The van der Waals surface area contributed by atoms with Crippen molar-refractivity contribution in [1.82, 2.24) is 0 Å². The molecule has 146 valence electrons. The van der Waals surface area contributed by atoms with Gasteiger partial charge in [0.25, 0.3) is 0 Å². The first-order valence-electron chi connectivity index (χ1n) is 9.12. The summed E-state index contributed by atoms with van der Waals surface area (Å²) in [5.41, 5.74) is 9.12. The van der Waals surface area contributed by atoms with Crippen molar-refractivity contribution >= 4 is 7.82 Å². The highest BCUT2D eigenvalue weighted by atomic mass is 31.2. The molecule has 2 N–H and O–H groups in total. The minimum absolute atomic E-state index is 0.193. The van der Waals surface area contributed by atoms with E-state index in [4.69, 9.17) is 4.52 Å². The average Bonchev–Trinajstić information content (AvgIpc) is 2.57. The molecule has 5 heteroatoms. The molecule has 0 atom stereocenters. The molecule has 3 aromatic rings. The SMILES string of the molecule is Cc1cccc(C)c1-c1ccc(OP(=O)(O)O)c(-c2c(C)cccc2C)c1C. The number of rotatable bonds is 4. The fourth-order valence-corrected chi connectivity index (χ4v) is 4.33. The smallest absolute Gasteiger partial charge is 0.404 e. The van der Waals surface area contributed by atoms with E-state index in [9.17, 15) is 14.4 Å². The third-order valence-electron chi connectivity index (χ3n) is 5.13. The van der Waals surface area contributed by atoms with Gasteiger partial charge in [0.15, 0.2) is 0 Å². The zero-order valence-electron chi connectivity index (χ0n) is 16.8. The number of hydrogen-bond acceptors (Lipinski definition) is 2. The summed E-state index contributed by atoms with van der Waals surface area (Å²) < 4.78 is 16.7. The van der Waals surface area contributed by atoms with Crippen LogP contribution in [0.15, 0.2) is 48.5 Å². The maximum atomic E-state index is 11.6. The molecule has 0 unspecified atom stereocenters. The second kappa shape index (κ2) is 7.56. The lowest BCUT2D eigenvalue weighted by atomic mass is 9.86. The Morgan fingerprint density at radius 3 is 1.61 bits per heavy atom.